The smallest absolute Gasteiger partial charge is 0.339 e. The predicted octanol–water partition coefficient (Wildman–Crippen LogP) is 3.81. The van der Waals surface area contributed by atoms with Crippen LogP contribution in [0.15, 0.2) is 48.7 Å². The molecule has 0 amide bonds. The van der Waals surface area contributed by atoms with Crippen LogP contribution in [0.2, 0.25) is 0 Å². The zero-order valence-corrected chi connectivity index (χ0v) is 15.6. The molecule has 0 radical (unpaired) electrons. The summed E-state index contributed by atoms with van der Waals surface area (Å²) >= 11 is 0. The van der Waals surface area contributed by atoms with Crippen molar-refractivity contribution in [3.8, 4) is 6.07 Å². The Bertz CT molecular complexity index is 1160. The van der Waals surface area contributed by atoms with Crippen molar-refractivity contribution in [2.75, 3.05) is 6.61 Å². The fraction of sp³-hybridized carbons (Fsp3) is 0.190. The van der Waals surface area contributed by atoms with Crippen molar-refractivity contribution in [1.29, 1.82) is 5.26 Å². The lowest BCUT2D eigenvalue weighted by Crippen LogP contribution is -2.15. The number of benzene rings is 2. The number of hydrogen-bond acceptors (Lipinski definition) is 6. The average molecular weight is 391 g/mol. The van der Waals surface area contributed by atoms with Gasteiger partial charge in [-0.3, -0.25) is 14.9 Å². The van der Waals surface area contributed by atoms with Gasteiger partial charge in [0.05, 0.1) is 23.0 Å². The van der Waals surface area contributed by atoms with E-state index in [1.54, 1.807) is 18.3 Å². The number of nitro groups is 1. The summed E-state index contributed by atoms with van der Waals surface area (Å²) in [7, 11) is 0. The summed E-state index contributed by atoms with van der Waals surface area (Å²) in [5, 5.41) is 20.5. The van der Waals surface area contributed by atoms with E-state index in [0.29, 0.717) is 23.9 Å². The van der Waals surface area contributed by atoms with Crippen molar-refractivity contribution in [3.63, 3.8) is 0 Å². The van der Waals surface area contributed by atoms with Gasteiger partial charge < -0.3 is 9.30 Å². The number of para-hydroxylation sites is 1. The molecule has 0 atom stereocenters. The molecule has 8 heteroatoms. The Morgan fingerprint density at radius 3 is 2.66 bits per heavy atom. The molecule has 1 heterocycles. The van der Waals surface area contributed by atoms with Crippen molar-refractivity contribution in [3.05, 3.63) is 75.5 Å². The first kappa shape index (κ1) is 19.8. The molecule has 3 aromatic rings. The minimum Gasteiger partial charge on any atom is -0.454 e. The van der Waals surface area contributed by atoms with Crippen molar-refractivity contribution < 1.29 is 19.2 Å². The zero-order valence-electron chi connectivity index (χ0n) is 15.6. The third kappa shape index (κ3) is 3.99. The summed E-state index contributed by atoms with van der Waals surface area (Å²) in [5.74, 6) is -1.19. The highest BCUT2D eigenvalue weighted by atomic mass is 16.6. The largest absolute Gasteiger partial charge is 0.454 e. The summed E-state index contributed by atoms with van der Waals surface area (Å²) in [6.07, 6.45) is 1.95. The molecule has 0 aliphatic carbocycles. The minimum absolute atomic E-state index is 0.0449. The number of fused-ring (bicyclic) bond motifs is 1. The number of esters is 1. The van der Waals surface area contributed by atoms with E-state index in [2.05, 4.69) is 6.07 Å². The maximum atomic E-state index is 12.7. The number of carbonyl (C=O) groups excluding carboxylic acids is 2. The normalized spacial score (nSPS) is 10.5. The van der Waals surface area contributed by atoms with Gasteiger partial charge in [-0.1, -0.05) is 24.3 Å². The number of Topliss-reactive ketones (excluding diaryl/α,β-unsaturated/α-hetero) is 1. The van der Waals surface area contributed by atoms with Crippen LogP contribution in [-0.4, -0.2) is 27.8 Å². The first-order valence-corrected chi connectivity index (χ1v) is 8.83. The fourth-order valence-electron chi connectivity index (χ4n) is 3.15. The van der Waals surface area contributed by atoms with Gasteiger partial charge in [-0.15, -0.1) is 0 Å². The summed E-state index contributed by atoms with van der Waals surface area (Å²) in [6.45, 7) is 1.41. The Kier molecular flexibility index (Phi) is 5.69. The summed E-state index contributed by atoms with van der Waals surface area (Å²) in [6, 6.07) is 13.5. The number of rotatable bonds is 7. The molecule has 3 rings (SSSR count). The highest BCUT2D eigenvalue weighted by Gasteiger charge is 2.21. The van der Waals surface area contributed by atoms with Gasteiger partial charge in [0.25, 0.3) is 5.69 Å². The van der Waals surface area contributed by atoms with Crippen LogP contribution in [0.3, 0.4) is 0 Å². The van der Waals surface area contributed by atoms with Gasteiger partial charge in [0.1, 0.15) is 0 Å². The molecule has 8 nitrogen and oxygen atoms in total. The van der Waals surface area contributed by atoms with Gasteiger partial charge in [-0.05, 0) is 19.1 Å². The lowest BCUT2D eigenvalue weighted by molar-refractivity contribution is -0.385. The molecular formula is C21H17N3O5. The molecule has 0 aliphatic rings. The van der Waals surface area contributed by atoms with Gasteiger partial charge in [0, 0.05) is 40.8 Å². The number of hydrogen-bond donors (Lipinski definition) is 0. The second kappa shape index (κ2) is 8.35. The Labute approximate surface area is 166 Å². The van der Waals surface area contributed by atoms with Crippen LogP contribution in [0.1, 0.15) is 32.7 Å². The first-order chi connectivity index (χ1) is 13.9. The monoisotopic (exact) mass is 391 g/mol. The molecule has 0 unspecified atom stereocenters. The van der Waals surface area contributed by atoms with Crippen molar-refractivity contribution >= 4 is 28.3 Å². The molecule has 0 N–H and O–H groups in total. The maximum Gasteiger partial charge on any atom is 0.339 e. The van der Waals surface area contributed by atoms with E-state index in [1.807, 2.05) is 16.7 Å². The van der Waals surface area contributed by atoms with E-state index in [4.69, 9.17) is 10.00 Å². The van der Waals surface area contributed by atoms with Crippen LogP contribution >= 0.6 is 0 Å². The number of nitro benzene ring substituents is 1. The minimum atomic E-state index is -0.798. The van der Waals surface area contributed by atoms with Gasteiger partial charge in [0.2, 0.25) is 5.78 Å². The lowest BCUT2D eigenvalue weighted by Gasteiger charge is -2.07. The van der Waals surface area contributed by atoms with Crippen LogP contribution in [0, 0.1) is 28.4 Å². The average Bonchev–Trinajstić information content (AvgIpc) is 3.09. The third-order valence-electron chi connectivity index (χ3n) is 4.61. The third-order valence-corrected chi connectivity index (χ3v) is 4.61. The summed E-state index contributed by atoms with van der Waals surface area (Å²) in [4.78, 5) is 35.5. The molecule has 0 saturated carbocycles. The van der Waals surface area contributed by atoms with Crippen molar-refractivity contribution in [2.24, 2.45) is 0 Å². The number of ether oxygens (including phenoxy) is 1. The highest BCUT2D eigenvalue weighted by Crippen LogP contribution is 2.24. The van der Waals surface area contributed by atoms with E-state index in [9.17, 15) is 19.7 Å². The van der Waals surface area contributed by atoms with Crippen LogP contribution < -0.4 is 0 Å². The number of aryl methyl sites for hydroxylation is 1. The quantitative estimate of drug-likeness (QED) is 0.262. The van der Waals surface area contributed by atoms with Gasteiger partial charge >= 0.3 is 5.97 Å². The Morgan fingerprint density at radius 2 is 1.93 bits per heavy atom. The van der Waals surface area contributed by atoms with E-state index in [-0.39, 0.29) is 16.8 Å². The van der Waals surface area contributed by atoms with Crippen molar-refractivity contribution in [2.45, 2.75) is 19.9 Å². The number of ketones is 1. The van der Waals surface area contributed by atoms with Crippen LogP contribution in [0.4, 0.5) is 5.69 Å². The Balaban J connectivity index is 1.80. The SMILES string of the molecule is Cc1c(C(=O)OCC(=O)c2cn(CCC#N)c3ccccc23)cccc1[N+](=O)[O-]. The lowest BCUT2D eigenvalue weighted by atomic mass is 10.1. The molecule has 0 spiro atoms. The van der Waals surface area contributed by atoms with E-state index in [0.717, 1.165) is 5.52 Å². The second-order valence-electron chi connectivity index (χ2n) is 6.37. The summed E-state index contributed by atoms with van der Waals surface area (Å²) in [5.41, 5.74) is 1.24. The van der Waals surface area contributed by atoms with Crippen LogP contribution in [-0.2, 0) is 11.3 Å². The number of carbonyl (C=O) groups is 2. The molecule has 146 valence electrons. The Hall–Kier alpha value is -3.99. The molecule has 0 fully saturated rings. The molecule has 1 aromatic heterocycles. The van der Waals surface area contributed by atoms with Gasteiger partial charge in [-0.25, -0.2) is 4.79 Å². The molecule has 0 bridgehead atoms. The molecule has 29 heavy (non-hydrogen) atoms. The highest BCUT2D eigenvalue weighted by molar-refractivity contribution is 6.09. The van der Waals surface area contributed by atoms with Crippen molar-refractivity contribution in [1.82, 2.24) is 4.57 Å². The van der Waals surface area contributed by atoms with Crippen LogP contribution in [0.25, 0.3) is 10.9 Å². The van der Waals surface area contributed by atoms with E-state index >= 15 is 0 Å². The number of aromatic nitrogens is 1. The number of nitrogens with zero attached hydrogens (tertiary/aromatic N) is 3. The van der Waals surface area contributed by atoms with Gasteiger partial charge in [-0.2, -0.15) is 5.26 Å². The molecule has 0 aliphatic heterocycles. The first-order valence-electron chi connectivity index (χ1n) is 8.83. The molecule has 0 saturated heterocycles. The Morgan fingerprint density at radius 1 is 1.17 bits per heavy atom. The zero-order chi connectivity index (χ0) is 21.0. The fourth-order valence-corrected chi connectivity index (χ4v) is 3.15. The van der Waals surface area contributed by atoms with E-state index < -0.39 is 23.3 Å². The number of nitriles is 1. The van der Waals surface area contributed by atoms with Crippen LogP contribution in [0.5, 0.6) is 0 Å². The van der Waals surface area contributed by atoms with E-state index in [1.165, 1.54) is 25.1 Å². The standard InChI is InChI=1S/C21H17N3O5/c1-14-15(7-4-9-18(14)24(27)28)21(26)29-13-20(25)17-12-23(11-5-10-22)19-8-3-2-6-16(17)19/h2-4,6-9,12H,5,11,13H2,1H3. The van der Waals surface area contributed by atoms with Gasteiger partial charge in [0.15, 0.2) is 6.61 Å². The topological polar surface area (TPSA) is 115 Å². The molecule has 2 aromatic carbocycles. The maximum absolute atomic E-state index is 12.7. The molecular weight excluding hydrogens is 374 g/mol. The predicted molar refractivity (Wildman–Crippen MR) is 105 cm³/mol. The second-order valence-corrected chi connectivity index (χ2v) is 6.37. The summed E-state index contributed by atoms with van der Waals surface area (Å²) < 4.78 is 6.94.